The lowest BCUT2D eigenvalue weighted by Crippen LogP contribution is -2.25. The molecule has 0 bridgehead atoms. The van der Waals surface area contributed by atoms with Crippen molar-refractivity contribution in [3.63, 3.8) is 0 Å². The molecule has 0 aliphatic heterocycles. The van der Waals surface area contributed by atoms with Crippen LogP contribution in [0.25, 0.3) is 11.6 Å². The van der Waals surface area contributed by atoms with Crippen molar-refractivity contribution in [2.75, 3.05) is 7.05 Å². The Bertz CT molecular complexity index is 654. The minimum absolute atomic E-state index is 0. The summed E-state index contributed by atoms with van der Waals surface area (Å²) in [7, 11) is 1.93. The highest BCUT2D eigenvalue weighted by molar-refractivity contribution is 5.85. The average Bonchev–Trinajstić information content (AvgIpc) is 3.01. The van der Waals surface area contributed by atoms with Crippen molar-refractivity contribution >= 4 is 12.4 Å². The van der Waals surface area contributed by atoms with Gasteiger partial charge in [-0.05, 0) is 53.7 Å². The van der Waals surface area contributed by atoms with Crippen LogP contribution in [-0.2, 0) is 12.0 Å². The van der Waals surface area contributed by atoms with Gasteiger partial charge in [0.25, 0.3) is 5.89 Å². The number of hydrogen-bond donors (Lipinski definition) is 1. The third-order valence-corrected chi connectivity index (χ3v) is 4.04. The largest absolute Gasteiger partial charge is 0.332 e. The number of rotatable bonds is 5. The molecule has 128 valence electrons. The van der Waals surface area contributed by atoms with E-state index in [1.165, 1.54) is 18.5 Å². The van der Waals surface area contributed by atoms with E-state index in [0.29, 0.717) is 17.9 Å². The molecule has 1 fully saturated rings. The highest BCUT2D eigenvalue weighted by atomic mass is 35.5. The van der Waals surface area contributed by atoms with E-state index in [-0.39, 0.29) is 17.9 Å². The Morgan fingerprint density at radius 1 is 1.39 bits per heavy atom. The van der Waals surface area contributed by atoms with Crippen LogP contribution in [0.5, 0.6) is 0 Å². The van der Waals surface area contributed by atoms with Gasteiger partial charge in [-0.25, -0.2) is 0 Å². The van der Waals surface area contributed by atoms with E-state index in [2.05, 4.69) is 53.9 Å². The number of halogens is 1. The van der Waals surface area contributed by atoms with E-state index < -0.39 is 0 Å². The van der Waals surface area contributed by atoms with Crippen molar-refractivity contribution in [1.82, 2.24) is 25.2 Å². The van der Waals surface area contributed by atoms with Crippen molar-refractivity contribution in [2.24, 2.45) is 0 Å². The number of hydrogen-bond acceptors (Lipinski definition) is 5. The highest BCUT2D eigenvalue weighted by Gasteiger charge is 2.32. The molecule has 0 aromatic carbocycles. The Labute approximate surface area is 143 Å². The zero-order chi connectivity index (χ0) is 15.9. The van der Waals surface area contributed by atoms with Gasteiger partial charge in [0.1, 0.15) is 0 Å². The Balaban J connectivity index is 0.00000192. The van der Waals surface area contributed by atoms with Gasteiger partial charge in [-0.3, -0.25) is 4.68 Å². The smallest absolute Gasteiger partial charge is 0.278 e. The Morgan fingerprint density at radius 3 is 2.65 bits per heavy atom. The Hall–Kier alpha value is -1.40. The van der Waals surface area contributed by atoms with Crippen LogP contribution in [0.3, 0.4) is 0 Å². The standard InChI is InChI=1S/C16H25N5O.ClH/c1-10(17-5)8-14-18-15(22-20-14)12-9-13(11-6-7-11)21(19-12)16(2,3)4;/h9-11,17H,6-8H2,1-5H3;1H. The van der Waals surface area contributed by atoms with Crippen molar-refractivity contribution < 1.29 is 4.52 Å². The predicted octanol–water partition coefficient (Wildman–Crippen LogP) is 3.14. The topological polar surface area (TPSA) is 68.8 Å². The number of likely N-dealkylation sites (N-methyl/N-ethyl adjacent to an activating group) is 1. The van der Waals surface area contributed by atoms with Crippen molar-refractivity contribution in [3.05, 3.63) is 17.6 Å². The average molecular weight is 340 g/mol. The first kappa shape index (κ1) is 17.9. The fourth-order valence-electron chi connectivity index (χ4n) is 2.52. The van der Waals surface area contributed by atoms with Gasteiger partial charge >= 0.3 is 0 Å². The van der Waals surface area contributed by atoms with Crippen molar-refractivity contribution in [1.29, 1.82) is 0 Å². The van der Waals surface area contributed by atoms with E-state index in [1.807, 2.05) is 7.05 Å². The second-order valence-electron chi connectivity index (χ2n) is 7.22. The fourth-order valence-corrected chi connectivity index (χ4v) is 2.52. The lowest BCUT2D eigenvalue weighted by atomic mass is 10.1. The van der Waals surface area contributed by atoms with Crippen LogP contribution in [-0.4, -0.2) is 33.0 Å². The monoisotopic (exact) mass is 339 g/mol. The zero-order valence-corrected chi connectivity index (χ0v) is 15.3. The summed E-state index contributed by atoms with van der Waals surface area (Å²) >= 11 is 0. The first-order valence-electron chi connectivity index (χ1n) is 7.99. The third-order valence-electron chi connectivity index (χ3n) is 4.04. The van der Waals surface area contributed by atoms with Gasteiger partial charge in [-0.15, -0.1) is 12.4 Å². The molecule has 1 unspecified atom stereocenters. The molecule has 1 saturated carbocycles. The highest BCUT2D eigenvalue weighted by Crippen LogP contribution is 2.42. The van der Waals surface area contributed by atoms with Crippen molar-refractivity contribution in [3.8, 4) is 11.6 Å². The molecular weight excluding hydrogens is 314 g/mol. The molecule has 1 aliphatic carbocycles. The summed E-state index contributed by atoms with van der Waals surface area (Å²) in [6.07, 6.45) is 3.24. The molecule has 0 spiro atoms. The molecule has 7 heteroatoms. The van der Waals surface area contributed by atoms with Gasteiger partial charge in [-0.2, -0.15) is 10.1 Å². The minimum atomic E-state index is -0.0420. The van der Waals surface area contributed by atoms with E-state index in [0.717, 1.165) is 17.9 Å². The molecule has 23 heavy (non-hydrogen) atoms. The molecule has 2 aromatic heterocycles. The van der Waals surface area contributed by atoms with E-state index >= 15 is 0 Å². The second kappa shape index (κ2) is 6.61. The van der Waals surface area contributed by atoms with Crippen LogP contribution in [0.15, 0.2) is 10.6 Å². The predicted molar refractivity (Wildman–Crippen MR) is 92.0 cm³/mol. The SMILES string of the molecule is CNC(C)Cc1noc(-c2cc(C3CC3)n(C(C)(C)C)n2)n1.Cl. The van der Waals surface area contributed by atoms with E-state index in [9.17, 15) is 0 Å². The number of nitrogens with one attached hydrogen (secondary N) is 1. The van der Waals surface area contributed by atoms with Crippen LogP contribution in [0.1, 0.15) is 58.0 Å². The van der Waals surface area contributed by atoms with Crippen LogP contribution in [0, 0.1) is 0 Å². The van der Waals surface area contributed by atoms with Gasteiger partial charge in [0.05, 0.1) is 5.54 Å². The molecule has 0 amide bonds. The fraction of sp³-hybridized carbons (Fsp3) is 0.688. The molecule has 1 aliphatic rings. The molecular formula is C16H26ClN5O. The van der Waals surface area contributed by atoms with Gasteiger partial charge in [0.2, 0.25) is 0 Å². The maximum Gasteiger partial charge on any atom is 0.278 e. The third kappa shape index (κ3) is 3.93. The summed E-state index contributed by atoms with van der Waals surface area (Å²) < 4.78 is 7.52. The van der Waals surface area contributed by atoms with Crippen LogP contribution in [0.4, 0.5) is 0 Å². The maximum absolute atomic E-state index is 5.41. The number of nitrogens with zero attached hydrogens (tertiary/aromatic N) is 4. The summed E-state index contributed by atoms with van der Waals surface area (Å²) in [6.45, 7) is 8.60. The summed E-state index contributed by atoms with van der Waals surface area (Å²) in [6, 6.07) is 2.43. The zero-order valence-electron chi connectivity index (χ0n) is 14.5. The summed E-state index contributed by atoms with van der Waals surface area (Å²) in [5.41, 5.74) is 2.03. The first-order chi connectivity index (χ1) is 10.4. The van der Waals surface area contributed by atoms with Crippen LogP contribution >= 0.6 is 12.4 Å². The first-order valence-corrected chi connectivity index (χ1v) is 7.99. The molecule has 1 N–H and O–H groups in total. The minimum Gasteiger partial charge on any atom is -0.332 e. The van der Waals surface area contributed by atoms with Gasteiger partial charge in [0.15, 0.2) is 11.5 Å². The maximum atomic E-state index is 5.41. The molecule has 2 aromatic rings. The molecule has 3 rings (SSSR count). The quantitative estimate of drug-likeness (QED) is 0.906. The van der Waals surface area contributed by atoms with Gasteiger partial charge in [-0.1, -0.05) is 5.16 Å². The Morgan fingerprint density at radius 2 is 2.09 bits per heavy atom. The van der Waals surface area contributed by atoms with Crippen molar-refractivity contribution in [2.45, 2.75) is 64.5 Å². The van der Waals surface area contributed by atoms with Crippen LogP contribution in [0.2, 0.25) is 0 Å². The van der Waals surface area contributed by atoms with Gasteiger partial charge in [0, 0.05) is 24.1 Å². The molecule has 6 nitrogen and oxygen atoms in total. The number of aromatic nitrogens is 4. The van der Waals surface area contributed by atoms with E-state index in [1.54, 1.807) is 0 Å². The molecule has 2 heterocycles. The van der Waals surface area contributed by atoms with E-state index in [4.69, 9.17) is 9.62 Å². The summed E-state index contributed by atoms with van der Waals surface area (Å²) in [4.78, 5) is 4.49. The second-order valence-corrected chi connectivity index (χ2v) is 7.22. The van der Waals surface area contributed by atoms with Gasteiger partial charge < -0.3 is 9.84 Å². The summed E-state index contributed by atoms with van der Waals surface area (Å²) in [5.74, 6) is 1.87. The van der Waals surface area contributed by atoms with Crippen LogP contribution < -0.4 is 5.32 Å². The normalized spacial score (nSPS) is 16.2. The molecule has 0 saturated heterocycles. The summed E-state index contributed by atoms with van der Waals surface area (Å²) in [5, 5.41) is 12.0. The molecule has 0 radical (unpaired) electrons. The molecule has 1 atom stereocenters. The lowest BCUT2D eigenvalue weighted by molar-refractivity contribution is 0.343. The Kier molecular flexibility index (Phi) is 5.16. The lowest BCUT2D eigenvalue weighted by Gasteiger charge is -2.22.